The van der Waals surface area contributed by atoms with Crippen LogP contribution in [0.5, 0.6) is 11.5 Å². The number of epoxide rings is 1. The average molecular weight is 270 g/mol. The zero-order valence-electron chi connectivity index (χ0n) is 10.8. The van der Waals surface area contributed by atoms with Crippen molar-refractivity contribution in [2.24, 2.45) is 0 Å². The molecule has 0 bridgehead atoms. The summed E-state index contributed by atoms with van der Waals surface area (Å²) < 4.78 is 15.8. The van der Waals surface area contributed by atoms with Crippen LogP contribution in [0.3, 0.4) is 0 Å². The second-order valence-corrected chi connectivity index (χ2v) is 4.49. The van der Waals surface area contributed by atoms with E-state index in [1.807, 2.05) is 6.07 Å². The minimum absolute atomic E-state index is 0.227. The van der Waals surface area contributed by atoms with E-state index in [0.717, 1.165) is 12.4 Å². The lowest BCUT2D eigenvalue weighted by atomic mass is 10.2. The van der Waals surface area contributed by atoms with Crippen LogP contribution < -0.4 is 9.47 Å². The Hall–Kier alpha value is -2.33. The van der Waals surface area contributed by atoms with Crippen molar-refractivity contribution in [2.45, 2.75) is 6.10 Å². The second-order valence-electron chi connectivity index (χ2n) is 4.49. The number of carbonyl (C=O) groups is 1. The lowest BCUT2D eigenvalue weighted by Crippen LogP contribution is -2.08. The third kappa shape index (κ3) is 3.36. The summed E-state index contributed by atoms with van der Waals surface area (Å²) in [6.45, 7) is 1.33. The zero-order chi connectivity index (χ0) is 13.8. The SMILES string of the molecule is O=C(Oc1ccc(OC[C@@H]2CO2)cc1)c1ccccc1. The van der Waals surface area contributed by atoms with E-state index in [-0.39, 0.29) is 12.1 Å². The lowest BCUT2D eigenvalue weighted by Gasteiger charge is -2.06. The first kappa shape index (κ1) is 12.7. The molecular formula is C16H14O4. The highest BCUT2D eigenvalue weighted by molar-refractivity contribution is 5.90. The van der Waals surface area contributed by atoms with Gasteiger partial charge in [0.25, 0.3) is 0 Å². The molecule has 2 aromatic rings. The first-order valence-corrected chi connectivity index (χ1v) is 6.43. The van der Waals surface area contributed by atoms with Gasteiger partial charge in [-0.1, -0.05) is 18.2 Å². The third-order valence-corrected chi connectivity index (χ3v) is 2.88. The number of rotatable bonds is 5. The number of benzene rings is 2. The molecule has 4 nitrogen and oxygen atoms in total. The molecule has 4 heteroatoms. The normalized spacial score (nSPS) is 16.5. The van der Waals surface area contributed by atoms with Crippen molar-refractivity contribution in [3.05, 3.63) is 60.2 Å². The van der Waals surface area contributed by atoms with E-state index in [2.05, 4.69) is 0 Å². The Labute approximate surface area is 116 Å². The third-order valence-electron chi connectivity index (χ3n) is 2.88. The molecule has 1 fully saturated rings. The highest BCUT2D eigenvalue weighted by atomic mass is 16.6. The van der Waals surface area contributed by atoms with Gasteiger partial charge in [0.2, 0.25) is 0 Å². The maximum atomic E-state index is 11.9. The Morgan fingerprint density at radius 1 is 1.05 bits per heavy atom. The van der Waals surface area contributed by atoms with Crippen LogP contribution in [0.1, 0.15) is 10.4 Å². The number of hydrogen-bond donors (Lipinski definition) is 0. The Morgan fingerprint density at radius 3 is 2.35 bits per heavy atom. The number of carbonyl (C=O) groups excluding carboxylic acids is 1. The van der Waals surface area contributed by atoms with Crippen molar-refractivity contribution < 1.29 is 19.0 Å². The van der Waals surface area contributed by atoms with Gasteiger partial charge in [-0.05, 0) is 36.4 Å². The van der Waals surface area contributed by atoms with Crippen molar-refractivity contribution in [3.63, 3.8) is 0 Å². The molecule has 1 atom stereocenters. The fraction of sp³-hybridized carbons (Fsp3) is 0.188. The molecule has 1 heterocycles. The molecule has 0 saturated carbocycles. The standard InChI is InChI=1S/C16H14O4/c17-16(12-4-2-1-3-5-12)20-14-8-6-13(7-9-14)18-10-15-11-19-15/h1-9,15H,10-11H2/t15-/m1/s1. The smallest absolute Gasteiger partial charge is 0.343 e. The van der Waals surface area contributed by atoms with E-state index in [1.165, 1.54) is 0 Å². The highest BCUT2D eigenvalue weighted by Crippen LogP contribution is 2.20. The number of ether oxygens (including phenoxy) is 3. The van der Waals surface area contributed by atoms with Crippen molar-refractivity contribution in [1.29, 1.82) is 0 Å². The van der Waals surface area contributed by atoms with Crippen LogP contribution in [0.4, 0.5) is 0 Å². The van der Waals surface area contributed by atoms with E-state index in [0.29, 0.717) is 17.9 Å². The van der Waals surface area contributed by atoms with Gasteiger partial charge < -0.3 is 14.2 Å². The molecule has 1 saturated heterocycles. The molecule has 0 N–H and O–H groups in total. The summed E-state index contributed by atoms with van der Waals surface area (Å²) in [6, 6.07) is 15.9. The molecule has 102 valence electrons. The van der Waals surface area contributed by atoms with Crippen LogP contribution in [0, 0.1) is 0 Å². The predicted molar refractivity (Wildman–Crippen MR) is 73.1 cm³/mol. The van der Waals surface area contributed by atoms with Gasteiger partial charge in [0, 0.05) is 0 Å². The molecule has 0 aliphatic carbocycles. The Bertz CT molecular complexity index is 573. The van der Waals surface area contributed by atoms with Crippen LogP contribution in [0.25, 0.3) is 0 Å². The monoisotopic (exact) mass is 270 g/mol. The fourth-order valence-corrected chi connectivity index (χ4v) is 1.70. The van der Waals surface area contributed by atoms with Gasteiger partial charge in [-0.25, -0.2) is 4.79 Å². The predicted octanol–water partition coefficient (Wildman–Crippen LogP) is 2.68. The van der Waals surface area contributed by atoms with Crippen LogP contribution >= 0.6 is 0 Å². The molecule has 0 radical (unpaired) electrons. The Kier molecular flexibility index (Phi) is 3.65. The summed E-state index contributed by atoms with van der Waals surface area (Å²) in [5, 5.41) is 0. The summed E-state index contributed by atoms with van der Waals surface area (Å²) in [5.41, 5.74) is 0.527. The first-order valence-electron chi connectivity index (χ1n) is 6.43. The van der Waals surface area contributed by atoms with Crippen molar-refractivity contribution in [3.8, 4) is 11.5 Å². The lowest BCUT2D eigenvalue weighted by molar-refractivity contribution is 0.0734. The minimum atomic E-state index is -0.370. The molecule has 2 aromatic carbocycles. The van der Waals surface area contributed by atoms with Crippen LogP contribution in [-0.2, 0) is 4.74 Å². The van der Waals surface area contributed by atoms with Gasteiger partial charge in [0.05, 0.1) is 12.2 Å². The van der Waals surface area contributed by atoms with Gasteiger partial charge in [-0.15, -0.1) is 0 Å². The highest BCUT2D eigenvalue weighted by Gasteiger charge is 2.22. The van der Waals surface area contributed by atoms with E-state index in [1.54, 1.807) is 48.5 Å². The van der Waals surface area contributed by atoms with E-state index >= 15 is 0 Å². The molecule has 0 aromatic heterocycles. The maximum absolute atomic E-state index is 11.9. The molecular weight excluding hydrogens is 256 g/mol. The van der Waals surface area contributed by atoms with E-state index < -0.39 is 0 Å². The summed E-state index contributed by atoms with van der Waals surface area (Å²) in [6.07, 6.45) is 0.227. The number of hydrogen-bond acceptors (Lipinski definition) is 4. The quantitative estimate of drug-likeness (QED) is 0.476. The van der Waals surface area contributed by atoms with Gasteiger partial charge in [-0.3, -0.25) is 0 Å². The minimum Gasteiger partial charge on any atom is -0.491 e. The van der Waals surface area contributed by atoms with Crippen molar-refractivity contribution in [2.75, 3.05) is 13.2 Å². The molecule has 1 aliphatic rings. The molecule has 20 heavy (non-hydrogen) atoms. The average Bonchev–Trinajstić information content (AvgIpc) is 3.32. The first-order chi connectivity index (χ1) is 9.81. The summed E-state index contributed by atoms with van der Waals surface area (Å²) in [4.78, 5) is 11.9. The summed E-state index contributed by atoms with van der Waals surface area (Å²) >= 11 is 0. The van der Waals surface area contributed by atoms with Crippen molar-refractivity contribution >= 4 is 5.97 Å². The largest absolute Gasteiger partial charge is 0.491 e. The molecule has 1 aliphatic heterocycles. The van der Waals surface area contributed by atoms with Crippen LogP contribution in [0.15, 0.2) is 54.6 Å². The summed E-state index contributed by atoms with van der Waals surface area (Å²) in [5.74, 6) is 0.861. The van der Waals surface area contributed by atoms with Crippen LogP contribution in [-0.4, -0.2) is 25.3 Å². The molecule has 0 amide bonds. The summed E-state index contributed by atoms with van der Waals surface area (Å²) in [7, 11) is 0. The second kappa shape index (κ2) is 5.75. The van der Waals surface area contributed by atoms with Gasteiger partial charge >= 0.3 is 5.97 Å². The van der Waals surface area contributed by atoms with Crippen molar-refractivity contribution in [1.82, 2.24) is 0 Å². The van der Waals surface area contributed by atoms with Gasteiger partial charge in [-0.2, -0.15) is 0 Å². The molecule has 0 spiro atoms. The Balaban J connectivity index is 1.58. The van der Waals surface area contributed by atoms with E-state index in [4.69, 9.17) is 14.2 Å². The molecule has 0 unspecified atom stereocenters. The topological polar surface area (TPSA) is 48.1 Å². The van der Waals surface area contributed by atoms with E-state index in [9.17, 15) is 4.79 Å². The zero-order valence-corrected chi connectivity index (χ0v) is 10.8. The Morgan fingerprint density at radius 2 is 1.70 bits per heavy atom. The molecule has 3 rings (SSSR count). The van der Waals surface area contributed by atoms with Gasteiger partial charge in [0.1, 0.15) is 24.2 Å². The maximum Gasteiger partial charge on any atom is 0.343 e. The van der Waals surface area contributed by atoms with Gasteiger partial charge in [0.15, 0.2) is 0 Å². The number of esters is 1. The fourth-order valence-electron chi connectivity index (χ4n) is 1.70. The van der Waals surface area contributed by atoms with Crippen LogP contribution in [0.2, 0.25) is 0 Å².